The summed E-state index contributed by atoms with van der Waals surface area (Å²) in [5.74, 6) is 2.78. The van der Waals surface area contributed by atoms with Gasteiger partial charge in [-0.05, 0) is 69.0 Å². The van der Waals surface area contributed by atoms with Crippen molar-refractivity contribution in [1.29, 1.82) is 0 Å². The van der Waals surface area contributed by atoms with E-state index >= 15 is 0 Å². The van der Waals surface area contributed by atoms with E-state index in [1.54, 1.807) is 0 Å². The van der Waals surface area contributed by atoms with Gasteiger partial charge in [0.2, 0.25) is 5.91 Å². The molecule has 2 aliphatic heterocycles. The average molecular weight is 390 g/mol. The summed E-state index contributed by atoms with van der Waals surface area (Å²) in [6.45, 7) is 3.12. The average Bonchev–Trinajstić information content (AvgIpc) is 3.26. The molecule has 1 atom stereocenters. The van der Waals surface area contributed by atoms with Crippen molar-refractivity contribution in [2.24, 2.45) is 5.92 Å². The summed E-state index contributed by atoms with van der Waals surface area (Å²) in [4.78, 5) is 12.2. The molecule has 1 amide bonds. The molecular weight excluding hydrogens is 362 g/mol. The van der Waals surface area contributed by atoms with Crippen LogP contribution in [0, 0.1) is 5.92 Å². The Morgan fingerprint density at radius 3 is 2.81 bits per heavy atom. The maximum atomic E-state index is 12.2. The lowest BCUT2D eigenvalue weighted by Gasteiger charge is -2.10. The Kier molecular flexibility index (Phi) is 6.85. The second kappa shape index (κ2) is 9.33. The van der Waals surface area contributed by atoms with Crippen LogP contribution in [0.5, 0.6) is 0 Å². The van der Waals surface area contributed by atoms with Crippen LogP contribution in [0.1, 0.15) is 44.3 Å². The molecule has 7 heteroatoms. The summed E-state index contributed by atoms with van der Waals surface area (Å²) in [6, 6.07) is 7.97. The SMILES string of the molecule is Cl.O=C(CCC1CCNC1)Nc1ccc(-c2nnc3n2CCCCC3)cc1. The van der Waals surface area contributed by atoms with Crippen molar-refractivity contribution in [1.82, 2.24) is 20.1 Å². The Labute approximate surface area is 166 Å². The smallest absolute Gasteiger partial charge is 0.224 e. The van der Waals surface area contributed by atoms with Crippen LogP contribution in [0.15, 0.2) is 24.3 Å². The summed E-state index contributed by atoms with van der Waals surface area (Å²) < 4.78 is 2.25. The van der Waals surface area contributed by atoms with E-state index in [4.69, 9.17) is 0 Å². The van der Waals surface area contributed by atoms with Gasteiger partial charge in [-0.2, -0.15) is 0 Å². The third kappa shape index (κ3) is 4.87. The van der Waals surface area contributed by atoms with E-state index in [1.165, 1.54) is 25.7 Å². The van der Waals surface area contributed by atoms with Gasteiger partial charge in [0.1, 0.15) is 5.82 Å². The molecule has 1 unspecified atom stereocenters. The van der Waals surface area contributed by atoms with Gasteiger partial charge in [-0.15, -0.1) is 22.6 Å². The minimum absolute atomic E-state index is 0. The van der Waals surface area contributed by atoms with Crippen LogP contribution < -0.4 is 10.6 Å². The number of aromatic nitrogens is 3. The molecule has 2 aliphatic rings. The highest BCUT2D eigenvalue weighted by atomic mass is 35.5. The van der Waals surface area contributed by atoms with Crippen LogP contribution >= 0.6 is 12.4 Å². The zero-order valence-corrected chi connectivity index (χ0v) is 16.4. The van der Waals surface area contributed by atoms with Crippen molar-refractivity contribution in [3.8, 4) is 11.4 Å². The molecule has 4 rings (SSSR count). The summed E-state index contributed by atoms with van der Waals surface area (Å²) in [7, 11) is 0. The molecule has 1 aromatic heterocycles. The molecule has 0 saturated carbocycles. The lowest BCUT2D eigenvalue weighted by atomic mass is 10.0. The predicted molar refractivity (Wildman–Crippen MR) is 109 cm³/mol. The van der Waals surface area contributed by atoms with Gasteiger partial charge in [-0.1, -0.05) is 6.42 Å². The lowest BCUT2D eigenvalue weighted by Crippen LogP contribution is -2.15. The van der Waals surface area contributed by atoms with Gasteiger partial charge in [0.05, 0.1) is 0 Å². The van der Waals surface area contributed by atoms with E-state index in [2.05, 4.69) is 25.4 Å². The van der Waals surface area contributed by atoms with Gasteiger partial charge in [0, 0.05) is 30.6 Å². The molecule has 1 aromatic carbocycles. The minimum atomic E-state index is 0. The monoisotopic (exact) mass is 389 g/mol. The summed E-state index contributed by atoms with van der Waals surface area (Å²) in [5, 5.41) is 15.1. The van der Waals surface area contributed by atoms with E-state index in [0.29, 0.717) is 12.3 Å². The van der Waals surface area contributed by atoms with Gasteiger partial charge in [-0.25, -0.2) is 0 Å². The number of halogens is 1. The van der Waals surface area contributed by atoms with Crippen molar-refractivity contribution in [3.63, 3.8) is 0 Å². The molecule has 2 N–H and O–H groups in total. The highest BCUT2D eigenvalue weighted by Crippen LogP contribution is 2.24. The van der Waals surface area contributed by atoms with Gasteiger partial charge >= 0.3 is 0 Å². The van der Waals surface area contributed by atoms with Crippen LogP contribution in [0.25, 0.3) is 11.4 Å². The molecule has 146 valence electrons. The third-order valence-electron chi connectivity index (χ3n) is 5.48. The number of carbonyl (C=O) groups is 1. The van der Waals surface area contributed by atoms with Gasteiger partial charge in [-0.3, -0.25) is 4.79 Å². The number of nitrogens with one attached hydrogen (secondary N) is 2. The third-order valence-corrected chi connectivity index (χ3v) is 5.48. The fraction of sp³-hybridized carbons (Fsp3) is 0.550. The molecule has 0 aliphatic carbocycles. The Morgan fingerprint density at radius 1 is 1.19 bits per heavy atom. The molecule has 1 saturated heterocycles. The number of rotatable bonds is 5. The first-order chi connectivity index (χ1) is 12.8. The first-order valence-corrected chi connectivity index (χ1v) is 9.83. The second-order valence-electron chi connectivity index (χ2n) is 7.43. The molecule has 0 spiro atoms. The van der Waals surface area contributed by atoms with Crippen LogP contribution in [0.4, 0.5) is 5.69 Å². The van der Waals surface area contributed by atoms with Crippen molar-refractivity contribution >= 4 is 24.0 Å². The lowest BCUT2D eigenvalue weighted by molar-refractivity contribution is -0.116. The predicted octanol–water partition coefficient (Wildman–Crippen LogP) is 3.42. The van der Waals surface area contributed by atoms with Gasteiger partial charge in [0.25, 0.3) is 0 Å². The number of fused-ring (bicyclic) bond motifs is 1. The molecule has 0 bridgehead atoms. The molecule has 6 nitrogen and oxygen atoms in total. The molecule has 0 radical (unpaired) electrons. The molecule has 3 heterocycles. The summed E-state index contributed by atoms with van der Waals surface area (Å²) in [5.41, 5.74) is 1.90. The highest BCUT2D eigenvalue weighted by molar-refractivity contribution is 5.90. The van der Waals surface area contributed by atoms with Crippen LogP contribution in [0.3, 0.4) is 0 Å². The van der Waals surface area contributed by atoms with E-state index in [1.807, 2.05) is 24.3 Å². The number of anilines is 1. The van der Waals surface area contributed by atoms with Crippen LogP contribution in [-0.4, -0.2) is 33.8 Å². The minimum Gasteiger partial charge on any atom is -0.326 e. The molecule has 1 fully saturated rings. The van der Waals surface area contributed by atoms with Crippen LogP contribution in [-0.2, 0) is 17.8 Å². The van der Waals surface area contributed by atoms with Crippen molar-refractivity contribution in [2.45, 2.75) is 51.5 Å². The number of amides is 1. The van der Waals surface area contributed by atoms with Crippen molar-refractivity contribution < 1.29 is 4.79 Å². The number of benzene rings is 1. The standard InChI is InChI=1S/C20H27N5O.ClH/c26-19(10-5-15-11-12-21-14-15)22-17-8-6-16(7-9-17)20-24-23-18-4-2-1-3-13-25(18)20;/h6-9,15,21H,1-5,10-14H2,(H,22,26);1H. The zero-order valence-electron chi connectivity index (χ0n) is 15.6. The Hall–Kier alpha value is -1.92. The van der Waals surface area contributed by atoms with Crippen LogP contribution in [0.2, 0.25) is 0 Å². The molecule has 27 heavy (non-hydrogen) atoms. The van der Waals surface area contributed by atoms with Crippen molar-refractivity contribution in [3.05, 3.63) is 30.1 Å². The first kappa shape index (κ1) is 19.8. The number of hydrogen-bond acceptors (Lipinski definition) is 4. The maximum Gasteiger partial charge on any atom is 0.224 e. The molecular formula is C20H28ClN5O. The number of carbonyl (C=O) groups excluding carboxylic acids is 1. The fourth-order valence-corrected chi connectivity index (χ4v) is 3.92. The van der Waals surface area contributed by atoms with E-state index in [0.717, 1.165) is 55.4 Å². The van der Waals surface area contributed by atoms with E-state index < -0.39 is 0 Å². The van der Waals surface area contributed by atoms with E-state index in [-0.39, 0.29) is 18.3 Å². The second-order valence-corrected chi connectivity index (χ2v) is 7.43. The molecule has 2 aromatic rings. The topological polar surface area (TPSA) is 71.8 Å². The van der Waals surface area contributed by atoms with E-state index in [9.17, 15) is 4.79 Å². The number of hydrogen-bond donors (Lipinski definition) is 2. The largest absolute Gasteiger partial charge is 0.326 e. The zero-order chi connectivity index (χ0) is 17.8. The quantitative estimate of drug-likeness (QED) is 0.821. The number of nitrogens with zero attached hydrogens (tertiary/aromatic N) is 3. The fourth-order valence-electron chi connectivity index (χ4n) is 3.92. The normalized spacial score (nSPS) is 19.0. The first-order valence-electron chi connectivity index (χ1n) is 9.83. The maximum absolute atomic E-state index is 12.2. The summed E-state index contributed by atoms with van der Waals surface area (Å²) in [6.07, 6.45) is 7.38. The van der Waals surface area contributed by atoms with Gasteiger partial charge in [0.15, 0.2) is 5.82 Å². The highest BCUT2D eigenvalue weighted by Gasteiger charge is 2.17. The number of aryl methyl sites for hydroxylation is 1. The Balaban J connectivity index is 0.00000210. The van der Waals surface area contributed by atoms with Crippen molar-refractivity contribution in [2.75, 3.05) is 18.4 Å². The Bertz CT molecular complexity index is 752. The van der Waals surface area contributed by atoms with Gasteiger partial charge < -0.3 is 15.2 Å². The summed E-state index contributed by atoms with van der Waals surface area (Å²) >= 11 is 0. The Morgan fingerprint density at radius 2 is 2.04 bits per heavy atom.